The summed E-state index contributed by atoms with van der Waals surface area (Å²) in [6.07, 6.45) is 20.6. The van der Waals surface area contributed by atoms with Crippen molar-refractivity contribution in [1.29, 1.82) is 0 Å². The molecular formula is C72H108MnN8O8+5. The summed E-state index contributed by atoms with van der Waals surface area (Å²) in [5.74, 6) is 0.148. The Morgan fingerprint density at radius 1 is 0.393 bits per heavy atom. The summed E-state index contributed by atoms with van der Waals surface area (Å²) in [6, 6.07) is 9.04. The number of hydrogen-bond donors (Lipinski definition) is 4. The number of esters is 4. The Bertz CT molecular complexity index is 2770. The first-order valence-electron chi connectivity index (χ1n) is 33.9. The van der Waals surface area contributed by atoms with Crippen molar-refractivity contribution in [2.24, 2.45) is 21.7 Å². The summed E-state index contributed by atoms with van der Waals surface area (Å²) >= 11 is 0. The molecule has 8 bridgehead atoms. The molecule has 4 N–H and O–H groups in total. The fraction of sp³-hybridized carbons (Fsp3) is 0.667. The summed E-state index contributed by atoms with van der Waals surface area (Å²) in [6.45, 7) is 36.2. The van der Waals surface area contributed by atoms with Crippen molar-refractivity contribution in [3.05, 3.63) is 69.3 Å². The molecule has 89 heavy (non-hydrogen) atoms. The van der Waals surface area contributed by atoms with Crippen LogP contribution in [0.15, 0.2) is 24.3 Å². The van der Waals surface area contributed by atoms with Crippen molar-refractivity contribution in [1.82, 2.24) is 19.9 Å². The number of likely N-dealkylation sites (tertiary alicyclic amines) is 4. The molecule has 0 aliphatic carbocycles. The van der Waals surface area contributed by atoms with Crippen LogP contribution in [0.3, 0.4) is 0 Å². The molecule has 3 aromatic rings. The Kier molecular flexibility index (Phi) is 23.9. The predicted molar refractivity (Wildman–Crippen MR) is 347 cm³/mol. The Labute approximate surface area is 541 Å². The van der Waals surface area contributed by atoms with Crippen LogP contribution in [0.25, 0.3) is 46.4 Å². The zero-order chi connectivity index (χ0) is 63.0. The van der Waals surface area contributed by atoms with Crippen LogP contribution in [0, 0.1) is 21.7 Å². The summed E-state index contributed by atoms with van der Waals surface area (Å²) in [5, 5.41) is 0. The predicted octanol–water partition coefficient (Wildman–Crippen LogP) is 6.88. The maximum Gasteiger partial charge on any atom is 3.00 e. The Hall–Kier alpha value is -5.16. The smallest absolute Gasteiger partial charge is 0.657 e. The van der Waals surface area contributed by atoms with Gasteiger partial charge in [-0.15, -0.1) is 22.1 Å². The molecule has 3 aromatic heterocycles. The second-order valence-corrected chi connectivity index (χ2v) is 30.6. The topological polar surface area (TPSA) is 177 Å². The Balaban J connectivity index is 0.0000102. The number of aromatic nitrogens is 4. The largest absolute Gasteiger partial charge is 3.00 e. The van der Waals surface area contributed by atoms with E-state index in [2.05, 4.69) is 48.6 Å². The van der Waals surface area contributed by atoms with Crippen molar-refractivity contribution < 1.29 is 74.8 Å². The van der Waals surface area contributed by atoms with Crippen LogP contribution < -0.4 is 29.6 Å². The molecule has 9 heterocycles. The summed E-state index contributed by atoms with van der Waals surface area (Å²) in [4.78, 5) is 80.2. The minimum Gasteiger partial charge on any atom is -0.657 e. The van der Waals surface area contributed by atoms with Gasteiger partial charge in [0.15, 0.2) is 0 Å². The molecule has 0 saturated carbocycles. The number of hydrogen-bond acceptors (Lipinski definition) is 10. The fourth-order valence-corrected chi connectivity index (χ4v) is 14.2. The van der Waals surface area contributed by atoms with Crippen molar-refractivity contribution in [3.63, 3.8) is 0 Å². The van der Waals surface area contributed by atoms with Crippen LogP contribution in [0.2, 0.25) is 0 Å². The molecule has 0 spiro atoms. The monoisotopic (exact) mass is 1270 g/mol. The number of rotatable bonds is 20. The standard InChI is InChI=1S/C72H104N8O8.Mn/c1-69(2,3)65(81)85-41-17-37-77-33-13-21-49(45-77)61-53-25-27-55(73-53)62(50-22-14-34-78(46-50)38-18-42-86-66(82)70(4,5)6)57-29-31-59(75-57)64(52-24-16-36-80(48-52)40-20-44-88-68(84)72(10,11)12)60-32-30-58(76-60)63(56-28-26-54(61)74-56)51-23-15-35-79(47-51)39-19-43-87-67(83)71(7,8)9;/h25-32,49-52H,13-24,33-48H2,1-12H3;/q-2;+3/p+4. The molecule has 486 valence electrons. The van der Waals surface area contributed by atoms with Gasteiger partial charge in [0.05, 0.1) is 149 Å². The Morgan fingerprint density at radius 3 is 0.809 bits per heavy atom. The van der Waals surface area contributed by atoms with Crippen LogP contribution in [0.4, 0.5) is 0 Å². The van der Waals surface area contributed by atoms with Gasteiger partial charge in [0.1, 0.15) is 0 Å². The third-order valence-electron chi connectivity index (χ3n) is 19.0. The van der Waals surface area contributed by atoms with Crippen LogP contribution in [0.1, 0.15) is 229 Å². The van der Waals surface area contributed by atoms with E-state index in [1.165, 1.54) is 41.9 Å². The normalized spacial score (nSPS) is 23.3. The number of piperidine rings is 4. The van der Waals surface area contributed by atoms with E-state index in [0.29, 0.717) is 26.4 Å². The second-order valence-electron chi connectivity index (χ2n) is 30.6. The van der Waals surface area contributed by atoms with E-state index >= 15 is 0 Å². The van der Waals surface area contributed by atoms with E-state index < -0.39 is 21.7 Å². The maximum atomic E-state index is 12.7. The molecule has 0 aromatic carbocycles. The van der Waals surface area contributed by atoms with Gasteiger partial charge >= 0.3 is 40.9 Å². The van der Waals surface area contributed by atoms with Gasteiger partial charge in [-0.2, -0.15) is 0 Å². The van der Waals surface area contributed by atoms with Crippen molar-refractivity contribution in [2.75, 3.05) is 105 Å². The summed E-state index contributed by atoms with van der Waals surface area (Å²) < 4.78 is 23.0. The first-order valence-corrected chi connectivity index (χ1v) is 33.9. The summed E-state index contributed by atoms with van der Waals surface area (Å²) in [7, 11) is 0. The van der Waals surface area contributed by atoms with Crippen LogP contribution >= 0.6 is 0 Å². The van der Waals surface area contributed by atoms with Gasteiger partial charge in [-0.25, -0.2) is 9.97 Å². The number of carbonyl (C=O) groups excluding carboxylic acids is 4. The van der Waals surface area contributed by atoms with E-state index in [9.17, 15) is 19.2 Å². The van der Waals surface area contributed by atoms with E-state index in [0.717, 1.165) is 200 Å². The number of nitrogens with one attached hydrogen (secondary N) is 4. The van der Waals surface area contributed by atoms with Crippen LogP contribution in [-0.4, -0.2) is 139 Å². The van der Waals surface area contributed by atoms with Gasteiger partial charge in [0.2, 0.25) is 0 Å². The molecule has 17 heteroatoms. The molecular weight excluding hydrogens is 1160 g/mol. The molecule has 16 nitrogen and oxygen atoms in total. The molecule has 8 unspecified atom stereocenters. The van der Waals surface area contributed by atoms with Crippen molar-refractivity contribution in [2.45, 2.75) is 184 Å². The van der Waals surface area contributed by atoms with Gasteiger partial charge in [0.25, 0.3) is 0 Å². The number of fused-ring (bicyclic) bond motifs is 8. The van der Waals surface area contributed by atoms with E-state index in [1.807, 2.05) is 83.1 Å². The third kappa shape index (κ3) is 18.5. The van der Waals surface area contributed by atoms with E-state index in [1.54, 1.807) is 0 Å². The summed E-state index contributed by atoms with van der Waals surface area (Å²) in [5.41, 5.74) is 10.4. The SMILES string of the molecule is CC(C)(C)C(=O)OCCC[NH+]1CCCC(c2c3nc(c(C4CCC[NH+](CCCOC(=O)C(C)(C)C)C4)c4ccc([n-]4)c(C4CCC[NH+](CCCOC(=O)C(C)(C)C)C4)c4nc(c(C5CCC[NH+](CCCOC(=O)C(C)(C)C)C5)c5ccc2[n-]5)C=C4)C=C3)C1.[Mn+3]. The van der Waals surface area contributed by atoms with Gasteiger partial charge in [-0.1, -0.05) is 24.3 Å². The number of carbonyl (C=O) groups is 4. The average Bonchev–Trinajstić information content (AvgIpc) is 2.76. The van der Waals surface area contributed by atoms with E-state index in [4.69, 9.17) is 38.9 Å². The fourth-order valence-electron chi connectivity index (χ4n) is 14.2. The average molecular weight is 1270 g/mol. The minimum atomic E-state index is -0.534. The molecule has 9 rings (SSSR count). The minimum absolute atomic E-state index is 0. The molecule has 8 atom stereocenters. The first kappa shape index (κ1) is 69.7. The van der Waals surface area contributed by atoms with Gasteiger partial charge in [-0.3, -0.25) is 19.2 Å². The second kappa shape index (κ2) is 30.5. The first-order chi connectivity index (χ1) is 41.8. The molecule has 6 aliphatic heterocycles. The molecule has 6 aliphatic rings. The van der Waals surface area contributed by atoms with Gasteiger partial charge in [-0.05, 0) is 181 Å². The van der Waals surface area contributed by atoms with Crippen LogP contribution in [0.5, 0.6) is 0 Å². The quantitative estimate of drug-likeness (QED) is 0.0276. The zero-order valence-corrected chi connectivity index (χ0v) is 57.3. The van der Waals surface area contributed by atoms with Crippen molar-refractivity contribution >= 4 is 70.2 Å². The number of quaternary nitrogens is 4. The maximum absolute atomic E-state index is 12.7. The third-order valence-corrected chi connectivity index (χ3v) is 19.0. The van der Waals surface area contributed by atoms with Crippen LogP contribution in [-0.2, 0) is 55.2 Å². The van der Waals surface area contributed by atoms with E-state index in [-0.39, 0.29) is 64.6 Å². The molecule has 4 fully saturated rings. The Morgan fingerprint density at radius 2 is 0.607 bits per heavy atom. The molecule has 4 saturated heterocycles. The number of nitrogens with zero attached hydrogens (tertiary/aromatic N) is 4. The van der Waals surface area contributed by atoms with Gasteiger partial charge in [0, 0.05) is 49.4 Å². The zero-order valence-electron chi connectivity index (χ0n) is 56.2. The van der Waals surface area contributed by atoms with Gasteiger partial charge < -0.3 is 48.5 Å². The number of ether oxygens (including phenoxy) is 4. The molecule has 0 amide bonds. The van der Waals surface area contributed by atoms with Crippen molar-refractivity contribution in [3.8, 4) is 0 Å². The molecule has 0 radical (unpaired) electrons.